The lowest BCUT2D eigenvalue weighted by Gasteiger charge is -2.09. The van der Waals surface area contributed by atoms with Crippen molar-refractivity contribution in [1.82, 2.24) is 9.97 Å². The van der Waals surface area contributed by atoms with Crippen LogP contribution in [0.25, 0.3) is 21.6 Å². The van der Waals surface area contributed by atoms with E-state index in [1.54, 1.807) is 11.3 Å². The van der Waals surface area contributed by atoms with Crippen LogP contribution in [0.2, 0.25) is 0 Å². The lowest BCUT2D eigenvalue weighted by molar-refractivity contribution is -0.144. The zero-order valence-electron chi connectivity index (χ0n) is 12.9. The Morgan fingerprint density at radius 2 is 2.04 bits per heavy atom. The number of para-hydroxylation sites is 1. The lowest BCUT2D eigenvalue weighted by Crippen LogP contribution is -2.13. The van der Waals surface area contributed by atoms with Crippen LogP contribution in [0.5, 0.6) is 0 Å². The summed E-state index contributed by atoms with van der Waals surface area (Å²) >= 11 is 2.99. The van der Waals surface area contributed by atoms with Crippen LogP contribution in [-0.4, -0.2) is 27.8 Å². The van der Waals surface area contributed by atoms with Gasteiger partial charge in [-0.3, -0.25) is 4.79 Å². The van der Waals surface area contributed by atoms with E-state index in [4.69, 9.17) is 4.74 Å². The number of rotatable bonds is 5. The Morgan fingerprint density at radius 1 is 1.22 bits per heavy atom. The first kappa shape index (κ1) is 16.0. The molecule has 118 valence electrons. The summed E-state index contributed by atoms with van der Waals surface area (Å²) < 4.78 is 5.19. The Hall–Kier alpha value is -1.92. The zero-order valence-corrected chi connectivity index (χ0v) is 14.5. The molecule has 2 heterocycles. The highest BCUT2D eigenvalue weighted by molar-refractivity contribution is 8.00. The molecule has 0 unspecified atom stereocenters. The first-order chi connectivity index (χ1) is 11.1. The summed E-state index contributed by atoms with van der Waals surface area (Å²) in [5, 5.41) is 3.76. The Labute approximate surface area is 142 Å². The molecule has 2 aromatic heterocycles. The molecule has 6 heteroatoms. The quantitative estimate of drug-likeness (QED) is 0.390. The number of nitrogens with zero attached hydrogens (tertiary/aromatic N) is 2. The summed E-state index contributed by atoms with van der Waals surface area (Å²) in [6.45, 7) is 3.69. The smallest absolute Gasteiger partial charge is 0.316 e. The number of thiophene rings is 1. The van der Waals surface area contributed by atoms with Crippen LogP contribution in [0.1, 0.15) is 13.8 Å². The molecular weight excluding hydrogens is 328 g/mol. The van der Waals surface area contributed by atoms with E-state index in [1.165, 1.54) is 11.8 Å². The van der Waals surface area contributed by atoms with E-state index in [1.807, 2.05) is 55.6 Å². The van der Waals surface area contributed by atoms with Crippen LogP contribution in [0.4, 0.5) is 0 Å². The van der Waals surface area contributed by atoms with Gasteiger partial charge in [0, 0.05) is 5.39 Å². The van der Waals surface area contributed by atoms with Crippen LogP contribution in [-0.2, 0) is 9.53 Å². The Bertz CT molecular complexity index is 817. The SMILES string of the molecule is CC(C)OC(=O)CSc1nc(-c2cccs2)nc2ccccc12. The highest BCUT2D eigenvalue weighted by atomic mass is 32.2. The summed E-state index contributed by atoms with van der Waals surface area (Å²) in [6.07, 6.45) is -0.105. The van der Waals surface area contributed by atoms with Crippen molar-refractivity contribution >= 4 is 40.0 Å². The van der Waals surface area contributed by atoms with Gasteiger partial charge >= 0.3 is 5.97 Å². The minimum absolute atomic E-state index is 0.105. The average molecular weight is 344 g/mol. The van der Waals surface area contributed by atoms with Crippen molar-refractivity contribution in [1.29, 1.82) is 0 Å². The van der Waals surface area contributed by atoms with E-state index < -0.39 is 0 Å². The average Bonchev–Trinajstić information content (AvgIpc) is 3.06. The van der Waals surface area contributed by atoms with Gasteiger partial charge in [0.2, 0.25) is 0 Å². The monoisotopic (exact) mass is 344 g/mol. The second-order valence-corrected chi connectivity index (χ2v) is 7.09. The fourth-order valence-electron chi connectivity index (χ4n) is 2.10. The maximum Gasteiger partial charge on any atom is 0.316 e. The third-order valence-corrected chi connectivity index (χ3v) is 4.83. The summed E-state index contributed by atoms with van der Waals surface area (Å²) in [6, 6.07) is 11.8. The maximum atomic E-state index is 11.8. The molecule has 0 amide bonds. The largest absolute Gasteiger partial charge is 0.462 e. The summed E-state index contributed by atoms with van der Waals surface area (Å²) in [5.74, 6) is 0.701. The molecule has 0 spiro atoms. The predicted octanol–water partition coefficient (Wildman–Crippen LogP) is 4.40. The molecule has 0 saturated heterocycles. The van der Waals surface area contributed by atoms with Gasteiger partial charge in [-0.25, -0.2) is 9.97 Å². The number of fused-ring (bicyclic) bond motifs is 1. The molecule has 1 aromatic carbocycles. The summed E-state index contributed by atoms with van der Waals surface area (Å²) in [4.78, 5) is 22.1. The lowest BCUT2D eigenvalue weighted by atomic mass is 10.2. The van der Waals surface area contributed by atoms with Gasteiger partial charge in [-0.15, -0.1) is 11.3 Å². The van der Waals surface area contributed by atoms with Crippen molar-refractivity contribution in [2.24, 2.45) is 0 Å². The van der Waals surface area contributed by atoms with Gasteiger partial charge in [0.25, 0.3) is 0 Å². The second-order valence-electron chi connectivity index (χ2n) is 5.17. The molecule has 0 aliphatic rings. The highest BCUT2D eigenvalue weighted by Gasteiger charge is 2.13. The predicted molar refractivity (Wildman–Crippen MR) is 94.8 cm³/mol. The first-order valence-electron chi connectivity index (χ1n) is 7.26. The van der Waals surface area contributed by atoms with Gasteiger partial charge in [0.05, 0.1) is 22.3 Å². The molecule has 0 radical (unpaired) electrons. The number of hydrogen-bond donors (Lipinski definition) is 0. The van der Waals surface area contributed by atoms with E-state index in [0.717, 1.165) is 20.8 Å². The molecule has 23 heavy (non-hydrogen) atoms. The number of aromatic nitrogens is 2. The van der Waals surface area contributed by atoms with Crippen molar-refractivity contribution in [3.05, 3.63) is 41.8 Å². The highest BCUT2D eigenvalue weighted by Crippen LogP contribution is 2.30. The molecule has 0 bridgehead atoms. The van der Waals surface area contributed by atoms with E-state index in [-0.39, 0.29) is 17.8 Å². The molecular formula is C17H16N2O2S2. The standard InChI is InChI=1S/C17H16N2O2S2/c1-11(2)21-15(20)10-23-17-12-6-3-4-7-13(12)18-16(19-17)14-8-5-9-22-14/h3-9,11H,10H2,1-2H3. The molecule has 0 aliphatic carbocycles. The van der Waals surface area contributed by atoms with E-state index >= 15 is 0 Å². The topological polar surface area (TPSA) is 52.1 Å². The third kappa shape index (κ3) is 3.89. The Kier molecular flexibility index (Phi) is 4.93. The number of thioether (sulfide) groups is 1. The normalized spacial score (nSPS) is 11.1. The zero-order chi connectivity index (χ0) is 16.2. The minimum atomic E-state index is -0.231. The molecule has 0 fully saturated rings. The van der Waals surface area contributed by atoms with Crippen molar-refractivity contribution < 1.29 is 9.53 Å². The number of carbonyl (C=O) groups excluding carboxylic acids is 1. The fourth-order valence-corrected chi connectivity index (χ4v) is 3.56. The maximum absolute atomic E-state index is 11.8. The van der Waals surface area contributed by atoms with E-state index in [0.29, 0.717) is 5.82 Å². The first-order valence-corrected chi connectivity index (χ1v) is 9.13. The van der Waals surface area contributed by atoms with E-state index in [9.17, 15) is 4.79 Å². The molecule has 3 aromatic rings. The number of hydrogen-bond acceptors (Lipinski definition) is 6. The van der Waals surface area contributed by atoms with Gasteiger partial charge in [-0.05, 0) is 31.4 Å². The van der Waals surface area contributed by atoms with Gasteiger partial charge in [-0.1, -0.05) is 36.0 Å². The van der Waals surface area contributed by atoms with Crippen molar-refractivity contribution in [2.45, 2.75) is 25.0 Å². The van der Waals surface area contributed by atoms with Gasteiger partial charge in [-0.2, -0.15) is 0 Å². The minimum Gasteiger partial charge on any atom is -0.462 e. The van der Waals surface area contributed by atoms with Crippen molar-refractivity contribution in [2.75, 3.05) is 5.75 Å². The second kappa shape index (κ2) is 7.10. The van der Waals surface area contributed by atoms with E-state index in [2.05, 4.69) is 9.97 Å². The van der Waals surface area contributed by atoms with Crippen molar-refractivity contribution in [3.8, 4) is 10.7 Å². The fraction of sp³-hybridized carbons (Fsp3) is 0.235. The van der Waals surface area contributed by atoms with Gasteiger partial charge in [0.1, 0.15) is 5.03 Å². The number of esters is 1. The van der Waals surface area contributed by atoms with Crippen LogP contribution in [0.3, 0.4) is 0 Å². The summed E-state index contributed by atoms with van der Waals surface area (Å²) in [5.41, 5.74) is 0.880. The van der Waals surface area contributed by atoms with Gasteiger partial charge < -0.3 is 4.74 Å². The van der Waals surface area contributed by atoms with Crippen LogP contribution >= 0.6 is 23.1 Å². The van der Waals surface area contributed by atoms with Crippen LogP contribution in [0.15, 0.2) is 46.8 Å². The third-order valence-electron chi connectivity index (χ3n) is 3.00. The molecule has 0 aliphatic heterocycles. The molecule has 0 atom stereocenters. The number of benzene rings is 1. The van der Waals surface area contributed by atoms with Gasteiger partial charge in [0.15, 0.2) is 5.82 Å². The van der Waals surface area contributed by atoms with Crippen molar-refractivity contribution in [3.63, 3.8) is 0 Å². The molecule has 4 nitrogen and oxygen atoms in total. The van der Waals surface area contributed by atoms with Crippen LogP contribution in [0, 0.1) is 0 Å². The Balaban J connectivity index is 1.93. The molecule has 3 rings (SSSR count). The number of ether oxygens (including phenoxy) is 1. The number of carbonyl (C=O) groups is 1. The summed E-state index contributed by atoms with van der Waals surface area (Å²) in [7, 11) is 0. The molecule has 0 N–H and O–H groups in total. The molecule has 0 saturated carbocycles. The van der Waals surface area contributed by atoms with Crippen LogP contribution < -0.4 is 0 Å². The Morgan fingerprint density at radius 3 is 2.78 bits per heavy atom.